The molecule has 0 rings (SSSR count). The van der Waals surface area contributed by atoms with Gasteiger partial charge < -0.3 is 41.5 Å². The predicted octanol–water partition coefficient (Wildman–Crippen LogP) is -5.31. The summed E-state index contributed by atoms with van der Waals surface area (Å²) in [6.07, 6.45) is -1.24. The Labute approximate surface area is 142 Å². The molecule has 0 aliphatic carbocycles. The van der Waals surface area contributed by atoms with Crippen molar-refractivity contribution in [2.24, 2.45) is 11.5 Å². The van der Waals surface area contributed by atoms with Gasteiger partial charge in [0.05, 0.1) is 18.4 Å². The Hall–Kier alpha value is -0.810. The van der Waals surface area contributed by atoms with Gasteiger partial charge in [-0.25, -0.2) is 0 Å². The first kappa shape index (κ1) is 27.5. The second-order valence-corrected chi connectivity index (χ2v) is 3.04. The Kier molecular flexibility index (Phi) is 20.1. The van der Waals surface area contributed by atoms with Gasteiger partial charge in [0, 0.05) is 31.9 Å². The van der Waals surface area contributed by atoms with Gasteiger partial charge in [0.15, 0.2) is 0 Å². The largest absolute Gasteiger partial charge is 2.00 e. The second-order valence-electron chi connectivity index (χ2n) is 3.04. The number of rotatable bonds is 6. The van der Waals surface area contributed by atoms with E-state index in [4.69, 9.17) is 21.7 Å². The zero-order valence-corrected chi connectivity index (χ0v) is 14.9. The molecule has 0 bridgehead atoms. The Balaban J connectivity index is -0.000000116. The molecular weight excluding hydrogens is 342 g/mol. The van der Waals surface area contributed by atoms with Gasteiger partial charge in [-0.2, -0.15) is 0 Å². The van der Waals surface area contributed by atoms with Crippen molar-refractivity contribution in [3.05, 3.63) is 0 Å². The van der Waals surface area contributed by atoms with Crippen LogP contribution in [0, 0.1) is 0 Å². The molecule has 0 heterocycles. The maximum absolute atomic E-state index is 9.82. The van der Waals surface area contributed by atoms with Crippen LogP contribution in [-0.2, 0) is 38.7 Å². The fraction of sp³-hybridized carbons (Fsp3) is 0.500. The van der Waals surface area contributed by atoms with Crippen molar-refractivity contribution in [2.45, 2.75) is 24.9 Å². The Morgan fingerprint density at radius 1 is 0.950 bits per heavy atom. The van der Waals surface area contributed by atoms with Crippen LogP contribution < -0.4 is 21.7 Å². The van der Waals surface area contributed by atoms with Crippen LogP contribution in [0.3, 0.4) is 0 Å². The number of carboxylic acid groups (broad SMARTS) is 4. The Bertz CT molecular complexity index is 308. The minimum Gasteiger partial charge on any atom is -0.550 e. The first-order valence-corrected chi connectivity index (χ1v) is 4.44. The fourth-order valence-corrected chi connectivity index (χ4v) is 0.538. The van der Waals surface area contributed by atoms with Crippen molar-refractivity contribution >= 4 is 46.9 Å². The third-order valence-electron chi connectivity index (χ3n) is 1.40. The number of nitrogens with two attached hydrogens (primary N) is 2. The van der Waals surface area contributed by atoms with Crippen LogP contribution in [0.15, 0.2) is 0 Å². The van der Waals surface area contributed by atoms with Crippen LogP contribution in [0.4, 0.5) is 0 Å². The van der Waals surface area contributed by atoms with Crippen molar-refractivity contribution in [2.75, 3.05) is 0 Å². The number of hydrogen-bond donors (Lipinski definition) is 4. The van der Waals surface area contributed by atoms with Crippen molar-refractivity contribution < 1.29 is 59.1 Å². The number of carboxylic acids is 4. The molecule has 6 N–H and O–H groups in total. The van der Waals surface area contributed by atoms with Crippen LogP contribution >= 0.6 is 0 Å². The van der Waals surface area contributed by atoms with E-state index in [-0.39, 0.29) is 42.5 Å². The van der Waals surface area contributed by atoms with E-state index < -0.39 is 48.8 Å². The van der Waals surface area contributed by atoms with E-state index in [1.54, 1.807) is 0 Å². The normalized spacial score (nSPS) is 11.3. The van der Waals surface area contributed by atoms with Crippen LogP contribution in [0.2, 0.25) is 0 Å². The van der Waals surface area contributed by atoms with E-state index in [2.05, 4.69) is 0 Å². The van der Waals surface area contributed by atoms with Crippen LogP contribution in [-0.4, -0.2) is 69.2 Å². The topological polar surface area (TPSA) is 207 Å². The molecule has 0 aromatic carbocycles. The summed E-state index contributed by atoms with van der Waals surface area (Å²) in [7, 11) is 0. The molecule has 0 aliphatic heterocycles. The Morgan fingerprint density at radius 2 is 1.35 bits per heavy atom. The van der Waals surface area contributed by atoms with Gasteiger partial charge in [-0.3, -0.25) is 9.59 Å². The number of carbonyl (C=O) groups excluding carboxylic acids is 2. The van der Waals surface area contributed by atoms with E-state index in [9.17, 15) is 29.4 Å². The third kappa shape index (κ3) is 19.5. The van der Waals surface area contributed by atoms with Gasteiger partial charge in [0.25, 0.3) is 0 Å². The van der Waals surface area contributed by atoms with Crippen molar-refractivity contribution in [1.82, 2.24) is 0 Å². The van der Waals surface area contributed by atoms with Crippen molar-refractivity contribution in [1.29, 1.82) is 0 Å². The monoisotopic (exact) mass is 352 g/mol. The first-order chi connectivity index (χ1) is 8.07. The third-order valence-corrected chi connectivity index (χ3v) is 1.40. The standard InChI is InChI=1S/2C4H7NO4.Mg.Zn/c2*5-2(4(8)9)1-3(6)7;;/h2*2H,1,5H2,(H,6,7)(H,8,9);;/q;;+2;/p-2/t2*2-;;/m10../s1. The SMILES string of the molecule is N[C@@H](CC(=O)O)C(=O)[O-].N[C@H](CC(=O)[O-])C(=O)O.[Mg+2].[Zn]. The summed E-state index contributed by atoms with van der Waals surface area (Å²) >= 11 is 0. The zero-order valence-electron chi connectivity index (χ0n) is 10.5. The molecule has 0 saturated carbocycles. The summed E-state index contributed by atoms with van der Waals surface area (Å²) in [5, 5.41) is 35.4. The van der Waals surface area contributed by atoms with Gasteiger partial charge in [-0.1, -0.05) is 0 Å². The molecule has 0 saturated heterocycles. The molecule has 0 spiro atoms. The van der Waals surface area contributed by atoms with Gasteiger partial charge in [0.2, 0.25) is 0 Å². The molecule has 0 unspecified atom stereocenters. The molecule has 10 nitrogen and oxygen atoms in total. The molecule has 2 atom stereocenters. The van der Waals surface area contributed by atoms with Crippen molar-refractivity contribution in [3.63, 3.8) is 0 Å². The quantitative estimate of drug-likeness (QED) is 0.333. The van der Waals surface area contributed by atoms with E-state index in [0.29, 0.717) is 0 Å². The Morgan fingerprint density at radius 3 is 1.45 bits per heavy atom. The van der Waals surface area contributed by atoms with E-state index >= 15 is 0 Å². The van der Waals surface area contributed by atoms with Gasteiger partial charge in [-0.15, -0.1) is 0 Å². The zero-order chi connectivity index (χ0) is 14.9. The molecule has 12 heteroatoms. The molecule has 20 heavy (non-hydrogen) atoms. The van der Waals surface area contributed by atoms with Crippen molar-refractivity contribution in [3.8, 4) is 0 Å². The van der Waals surface area contributed by atoms with E-state index in [1.807, 2.05) is 0 Å². The molecule has 0 aromatic heterocycles. The summed E-state index contributed by atoms with van der Waals surface area (Å²) in [5.74, 6) is -5.58. The second kappa shape index (κ2) is 14.6. The molecule has 0 aliphatic rings. The predicted molar refractivity (Wildman–Crippen MR) is 56.2 cm³/mol. The summed E-state index contributed by atoms with van der Waals surface area (Å²) in [6, 6.07) is -2.75. The fourth-order valence-electron chi connectivity index (χ4n) is 0.538. The average molecular weight is 354 g/mol. The maximum Gasteiger partial charge on any atom is 2.00 e. The molecule has 0 aromatic rings. The van der Waals surface area contributed by atoms with E-state index in [0.717, 1.165) is 0 Å². The van der Waals surface area contributed by atoms with Crippen LogP contribution in [0.1, 0.15) is 12.8 Å². The minimum atomic E-state index is -1.54. The van der Waals surface area contributed by atoms with Gasteiger partial charge in [0.1, 0.15) is 6.04 Å². The summed E-state index contributed by atoms with van der Waals surface area (Å²) in [4.78, 5) is 39.0. The van der Waals surface area contributed by atoms with Gasteiger partial charge in [-0.05, 0) is 0 Å². The van der Waals surface area contributed by atoms with E-state index in [1.165, 1.54) is 0 Å². The molecule has 0 fully saturated rings. The number of hydrogen-bond acceptors (Lipinski definition) is 8. The van der Waals surface area contributed by atoms with Crippen LogP contribution in [0.25, 0.3) is 0 Å². The first-order valence-electron chi connectivity index (χ1n) is 4.44. The maximum atomic E-state index is 9.82. The number of carbonyl (C=O) groups is 4. The average Bonchev–Trinajstić information content (AvgIpc) is 2.16. The smallest absolute Gasteiger partial charge is 0.550 e. The molecule has 106 valence electrons. The van der Waals surface area contributed by atoms with Crippen LogP contribution in [0.5, 0.6) is 0 Å². The molecular formula is C8H12MgN2O8Zn. The summed E-state index contributed by atoms with van der Waals surface area (Å²) < 4.78 is 0. The minimum absolute atomic E-state index is 0. The summed E-state index contributed by atoms with van der Waals surface area (Å²) in [6.45, 7) is 0. The molecule has 0 radical (unpaired) electrons. The molecule has 0 amide bonds. The summed E-state index contributed by atoms with van der Waals surface area (Å²) in [5.41, 5.74) is 9.57. The van der Waals surface area contributed by atoms with Gasteiger partial charge >= 0.3 is 35.0 Å². The number of aliphatic carboxylic acids is 4.